The van der Waals surface area contributed by atoms with Crippen LogP contribution in [0.15, 0.2) is 29.8 Å². The van der Waals surface area contributed by atoms with Gasteiger partial charge in [-0.2, -0.15) is 0 Å². The third kappa shape index (κ3) is 2.56. The normalized spacial score (nSPS) is 14.4. The van der Waals surface area contributed by atoms with Crippen molar-refractivity contribution in [2.75, 3.05) is 0 Å². The Hall–Kier alpha value is -1.75. The molecular formula is C13H13N3OS. The monoisotopic (exact) mass is 259 g/mol. The van der Waals surface area contributed by atoms with Crippen molar-refractivity contribution in [1.29, 1.82) is 0 Å². The summed E-state index contributed by atoms with van der Waals surface area (Å²) < 4.78 is 0. The van der Waals surface area contributed by atoms with Gasteiger partial charge in [0.25, 0.3) is 5.91 Å². The molecule has 2 aromatic heterocycles. The molecule has 2 aromatic rings. The number of aromatic nitrogens is 2. The lowest BCUT2D eigenvalue weighted by atomic mass is 10.3. The van der Waals surface area contributed by atoms with E-state index in [9.17, 15) is 4.79 Å². The first-order chi connectivity index (χ1) is 8.83. The van der Waals surface area contributed by atoms with Gasteiger partial charge in [-0.3, -0.25) is 9.78 Å². The van der Waals surface area contributed by atoms with E-state index in [0.29, 0.717) is 18.2 Å². The number of rotatable bonds is 4. The van der Waals surface area contributed by atoms with E-state index in [-0.39, 0.29) is 5.91 Å². The zero-order valence-electron chi connectivity index (χ0n) is 9.80. The fraction of sp³-hybridized carbons (Fsp3) is 0.308. The van der Waals surface area contributed by atoms with Crippen LogP contribution in [0.1, 0.15) is 39.9 Å². The molecule has 18 heavy (non-hydrogen) atoms. The number of carbonyl (C=O) groups is 1. The van der Waals surface area contributed by atoms with Gasteiger partial charge < -0.3 is 5.32 Å². The molecule has 5 heteroatoms. The van der Waals surface area contributed by atoms with Gasteiger partial charge in [-0.15, -0.1) is 11.3 Å². The zero-order valence-corrected chi connectivity index (χ0v) is 10.6. The topological polar surface area (TPSA) is 54.9 Å². The van der Waals surface area contributed by atoms with Crippen LogP contribution in [-0.2, 0) is 6.54 Å². The maximum Gasteiger partial charge on any atom is 0.270 e. The lowest BCUT2D eigenvalue weighted by Crippen LogP contribution is -2.23. The highest BCUT2D eigenvalue weighted by atomic mass is 32.1. The van der Waals surface area contributed by atoms with E-state index in [2.05, 4.69) is 15.3 Å². The van der Waals surface area contributed by atoms with Crippen molar-refractivity contribution in [3.8, 4) is 0 Å². The van der Waals surface area contributed by atoms with Crippen molar-refractivity contribution in [1.82, 2.24) is 15.3 Å². The number of amides is 1. The summed E-state index contributed by atoms with van der Waals surface area (Å²) in [6, 6.07) is 5.29. The van der Waals surface area contributed by atoms with E-state index in [1.54, 1.807) is 35.7 Å². The van der Waals surface area contributed by atoms with Crippen molar-refractivity contribution in [2.45, 2.75) is 25.3 Å². The van der Waals surface area contributed by atoms with E-state index in [0.717, 1.165) is 5.69 Å². The van der Waals surface area contributed by atoms with Crippen molar-refractivity contribution in [3.63, 3.8) is 0 Å². The predicted octanol–water partition coefficient (Wildman–Crippen LogP) is 2.35. The Morgan fingerprint density at radius 3 is 3.06 bits per heavy atom. The number of pyridine rings is 1. The van der Waals surface area contributed by atoms with Crippen LogP contribution in [-0.4, -0.2) is 15.9 Å². The van der Waals surface area contributed by atoms with Crippen LogP contribution < -0.4 is 5.32 Å². The van der Waals surface area contributed by atoms with Crippen molar-refractivity contribution in [2.24, 2.45) is 0 Å². The molecule has 1 fully saturated rings. The minimum Gasteiger partial charge on any atom is -0.345 e. The van der Waals surface area contributed by atoms with Crippen molar-refractivity contribution in [3.05, 3.63) is 46.2 Å². The van der Waals surface area contributed by atoms with Crippen LogP contribution in [0.4, 0.5) is 0 Å². The Morgan fingerprint density at radius 2 is 2.33 bits per heavy atom. The largest absolute Gasteiger partial charge is 0.345 e. The van der Waals surface area contributed by atoms with E-state index in [1.807, 2.05) is 5.38 Å². The quantitative estimate of drug-likeness (QED) is 0.917. The predicted molar refractivity (Wildman–Crippen MR) is 69.5 cm³/mol. The summed E-state index contributed by atoms with van der Waals surface area (Å²) in [6.45, 7) is 0.471. The number of hydrogen-bond acceptors (Lipinski definition) is 4. The zero-order chi connectivity index (χ0) is 12.4. The first-order valence-electron chi connectivity index (χ1n) is 5.96. The van der Waals surface area contributed by atoms with Crippen LogP contribution in [0.25, 0.3) is 0 Å². The standard InChI is InChI=1S/C13H13N3OS/c17-12(11-3-1-2-6-14-11)15-7-10-8-18-13(16-10)9-4-5-9/h1-3,6,8-9H,4-5,7H2,(H,15,17). The number of hydrogen-bond donors (Lipinski definition) is 1. The third-order valence-corrected chi connectivity index (χ3v) is 3.88. The highest BCUT2D eigenvalue weighted by Crippen LogP contribution is 2.41. The van der Waals surface area contributed by atoms with Crippen LogP contribution in [0, 0.1) is 0 Å². The maximum absolute atomic E-state index is 11.8. The summed E-state index contributed by atoms with van der Waals surface area (Å²) in [5.41, 5.74) is 1.38. The van der Waals surface area contributed by atoms with Crippen molar-refractivity contribution < 1.29 is 4.79 Å². The molecule has 92 valence electrons. The second-order valence-electron chi connectivity index (χ2n) is 4.35. The van der Waals surface area contributed by atoms with Gasteiger partial charge in [-0.1, -0.05) is 6.07 Å². The third-order valence-electron chi connectivity index (χ3n) is 2.82. The summed E-state index contributed by atoms with van der Waals surface area (Å²) in [7, 11) is 0. The van der Waals surface area contributed by atoms with E-state index < -0.39 is 0 Å². The van der Waals surface area contributed by atoms with Gasteiger partial charge in [0.1, 0.15) is 5.69 Å². The molecule has 1 aliphatic carbocycles. The van der Waals surface area contributed by atoms with E-state index >= 15 is 0 Å². The molecule has 0 radical (unpaired) electrons. The Kier molecular flexibility index (Phi) is 3.06. The second-order valence-corrected chi connectivity index (χ2v) is 5.24. The number of carbonyl (C=O) groups excluding carboxylic acids is 1. The van der Waals surface area contributed by atoms with E-state index in [4.69, 9.17) is 0 Å². The Balaban J connectivity index is 1.58. The molecule has 0 aromatic carbocycles. The van der Waals surface area contributed by atoms with Crippen molar-refractivity contribution >= 4 is 17.2 Å². The Bertz CT molecular complexity index is 548. The summed E-state index contributed by atoms with van der Waals surface area (Å²) in [4.78, 5) is 20.3. The molecule has 2 heterocycles. The molecule has 0 spiro atoms. The molecule has 0 unspecified atom stereocenters. The first-order valence-corrected chi connectivity index (χ1v) is 6.84. The van der Waals surface area contributed by atoms with Gasteiger partial charge in [-0.05, 0) is 25.0 Å². The number of nitrogens with one attached hydrogen (secondary N) is 1. The van der Waals surface area contributed by atoms with Gasteiger partial charge in [0.15, 0.2) is 0 Å². The first kappa shape index (κ1) is 11.3. The van der Waals surface area contributed by atoms with Crippen LogP contribution in [0.5, 0.6) is 0 Å². The lowest BCUT2D eigenvalue weighted by Gasteiger charge is -2.01. The second kappa shape index (κ2) is 4.86. The van der Waals surface area contributed by atoms with Gasteiger partial charge in [0.2, 0.25) is 0 Å². The highest BCUT2D eigenvalue weighted by molar-refractivity contribution is 7.09. The van der Waals surface area contributed by atoms with Crippen LogP contribution in [0.2, 0.25) is 0 Å². The number of thiazole rings is 1. The van der Waals surface area contributed by atoms with Gasteiger partial charge in [0.05, 0.1) is 17.2 Å². The number of nitrogens with zero attached hydrogens (tertiary/aromatic N) is 2. The van der Waals surface area contributed by atoms with Crippen LogP contribution >= 0.6 is 11.3 Å². The van der Waals surface area contributed by atoms with Gasteiger partial charge in [0, 0.05) is 17.5 Å². The summed E-state index contributed by atoms with van der Waals surface area (Å²) in [6.07, 6.45) is 4.13. The molecule has 1 saturated carbocycles. The molecule has 0 bridgehead atoms. The Morgan fingerprint density at radius 1 is 1.44 bits per heavy atom. The maximum atomic E-state index is 11.8. The summed E-state index contributed by atoms with van der Waals surface area (Å²) >= 11 is 1.69. The average Bonchev–Trinajstić information content (AvgIpc) is 3.16. The molecule has 0 aliphatic heterocycles. The molecule has 1 amide bonds. The molecule has 0 saturated heterocycles. The fourth-order valence-electron chi connectivity index (χ4n) is 1.68. The average molecular weight is 259 g/mol. The van der Waals surface area contributed by atoms with Gasteiger partial charge in [-0.25, -0.2) is 4.98 Å². The Labute approximate surface area is 109 Å². The molecular weight excluding hydrogens is 246 g/mol. The fourth-order valence-corrected chi connectivity index (χ4v) is 2.67. The van der Waals surface area contributed by atoms with Crippen LogP contribution in [0.3, 0.4) is 0 Å². The molecule has 1 N–H and O–H groups in total. The minimum atomic E-state index is -0.156. The van der Waals surface area contributed by atoms with Gasteiger partial charge >= 0.3 is 0 Å². The lowest BCUT2D eigenvalue weighted by molar-refractivity contribution is 0.0945. The molecule has 4 nitrogen and oxygen atoms in total. The summed E-state index contributed by atoms with van der Waals surface area (Å²) in [5.74, 6) is 0.520. The minimum absolute atomic E-state index is 0.156. The summed E-state index contributed by atoms with van der Waals surface area (Å²) in [5, 5.41) is 6.06. The molecule has 1 aliphatic rings. The highest BCUT2D eigenvalue weighted by Gasteiger charge is 2.26. The smallest absolute Gasteiger partial charge is 0.270 e. The SMILES string of the molecule is O=C(NCc1csc(C2CC2)n1)c1ccccn1. The molecule has 3 rings (SSSR count). The molecule has 0 atom stereocenters. The van der Waals surface area contributed by atoms with E-state index in [1.165, 1.54) is 17.8 Å².